The molecule has 2 fully saturated rings. The molecule has 0 aliphatic carbocycles. The van der Waals surface area contributed by atoms with E-state index in [9.17, 15) is 4.79 Å². The molecule has 2 heterocycles. The average molecular weight is 226 g/mol. The van der Waals surface area contributed by atoms with Crippen molar-refractivity contribution in [1.82, 2.24) is 4.90 Å². The molecule has 1 amide bonds. The Labute approximate surface area is 97.1 Å². The van der Waals surface area contributed by atoms with Crippen LogP contribution in [-0.2, 0) is 4.74 Å². The van der Waals surface area contributed by atoms with Crippen molar-refractivity contribution in [3.8, 4) is 0 Å². The van der Waals surface area contributed by atoms with Crippen LogP contribution in [0.3, 0.4) is 0 Å². The maximum atomic E-state index is 12.1. The first-order chi connectivity index (χ1) is 7.38. The predicted octanol–water partition coefficient (Wildman–Crippen LogP) is 1.88. The molecule has 0 aromatic rings. The van der Waals surface area contributed by atoms with Gasteiger partial charge in [-0.05, 0) is 46.5 Å². The normalized spacial score (nSPS) is 34.0. The van der Waals surface area contributed by atoms with Crippen molar-refractivity contribution in [2.24, 2.45) is 5.73 Å². The van der Waals surface area contributed by atoms with Crippen LogP contribution >= 0.6 is 0 Å². The van der Waals surface area contributed by atoms with E-state index in [0.717, 1.165) is 25.7 Å². The van der Waals surface area contributed by atoms with E-state index in [1.165, 1.54) is 0 Å². The third-order valence-electron chi connectivity index (χ3n) is 3.48. The van der Waals surface area contributed by atoms with Gasteiger partial charge in [0, 0.05) is 12.1 Å². The highest BCUT2D eigenvalue weighted by Gasteiger charge is 2.44. The number of amides is 1. The molecule has 0 aromatic heterocycles. The summed E-state index contributed by atoms with van der Waals surface area (Å²) in [6, 6.07) is 0.694. The number of ether oxygens (including phenoxy) is 1. The van der Waals surface area contributed by atoms with E-state index in [0.29, 0.717) is 6.04 Å². The van der Waals surface area contributed by atoms with Crippen molar-refractivity contribution in [2.45, 2.75) is 70.2 Å². The van der Waals surface area contributed by atoms with Crippen molar-refractivity contribution in [2.75, 3.05) is 0 Å². The zero-order valence-corrected chi connectivity index (χ0v) is 10.4. The summed E-state index contributed by atoms with van der Waals surface area (Å²) in [6.07, 6.45) is 3.99. The van der Waals surface area contributed by atoms with Crippen molar-refractivity contribution >= 4 is 6.09 Å². The quantitative estimate of drug-likeness (QED) is 0.686. The third-order valence-corrected chi connectivity index (χ3v) is 3.48. The standard InChI is InChI=1S/C12H22N2O2/c1-12(2,3)16-11(15)14-8-4-6-9(13)10(14)7-5-8/h8-10H,4-7,13H2,1-3H3/t8-,9+,10-/m1/s1. The average Bonchev–Trinajstić information content (AvgIpc) is 2.46. The minimum Gasteiger partial charge on any atom is -0.444 e. The Balaban J connectivity index is 2.07. The summed E-state index contributed by atoms with van der Waals surface area (Å²) >= 11 is 0. The number of carbonyl (C=O) groups is 1. The molecule has 4 nitrogen and oxygen atoms in total. The molecule has 0 unspecified atom stereocenters. The fraction of sp³-hybridized carbons (Fsp3) is 0.917. The van der Waals surface area contributed by atoms with Crippen molar-refractivity contribution in [3.63, 3.8) is 0 Å². The Morgan fingerprint density at radius 1 is 1.25 bits per heavy atom. The summed E-state index contributed by atoms with van der Waals surface area (Å²) in [5.41, 5.74) is 5.64. The van der Waals surface area contributed by atoms with Gasteiger partial charge >= 0.3 is 6.09 Å². The second-order valence-corrected chi connectivity index (χ2v) is 5.93. The molecule has 2 saturated heterocycles. The van der Waals surface area contributed by atoms with Gasteiger partial charge in [0.2, 0.25) is 0 Å². The largest absolute Gasteiger partial charge is 0.444 e. The SMILES string of the molecule is CC(C)(C)OC(=O)N1[C@H]2CC[C@@H]1[C@@H](N)CC2. The van der Waals surface area contributed by atoms with E-state index in [1.54, 1.807) is 0 Å². The first-order valence-corrected chi connectivity index (χ1v) is 6.15. The lowest BCUT2D eigenvalue weighted by atomic mass is 9.99. The van der Waals surface area contributed by atoms with Gasteiger partial charge in [0.15, 0.2) is 0 Å². The Hall–Kier alpha value is -0.770. The Morgan fingerprint density at radius 2 is 1.88 bits per heavy atom. The number of nitrogens with two attached hydrogens (primary N) is 1. The van der Waals surface area contributed by atoms with Gasteiger partial charge in [-0.3, -0.25) is 0 Å². The summed E-state index contributed by atoms with van der Waals surface area (Å²) in [5.74, 6) is 0. The number of rotatable bonds is 0. The van der Waals surface area contributed by atoms with E-state index < -0.39 is 5.60 Å². The van der Waals surface area contributed by atoms with Crippen LogP contribution in [0.1, 0.15) is 46.5 Å². The molecule has 0 radical (unpaired) electrons. The van der Waals surface area contributed by atoms with Crippen LogP contribution < -0.4 is 5.73 Å². The van der Waals surface area contributed by atoms with Gasteiger partial charge < -0.3 is 15.4 Å². The molecule has 0 aromatic carbocycles. The highest BCUT2D eigenvalue weighted by Crippen LogP contribution is 2.35. The Morgan fingerprint density at radius 3 is 2.50 bits per heavy atom. The predicted molar refractivity (Wildman–Crippen MR) is 62.1 cm³/mol. The Bertz CT molecular complexity index is 285. The minimum absolute atomic E-state index is 0.131. The van der Waals surface area contributed by atoms with Crippen LogP contribution in [-0.4, -0.2) is 34.7 Å². The molecule has 2 bridgehead atoms. The van der Waals surface area contributed by atoms with Gasteiger partial charge in [-0.1, -0.05) is 0 Å². The molecule has 2 aliphatic rings. The summed E-state index contributed by atoms with van der Waals surface area (Å²) < 4.78 is 5.44. The summed E-state index contributed by atoms with van der Waals surface area (Å²) in [7, 11) is 0. The molecule has 16 heavy (non-hydrogen) atoms. The molecular weight excluding hydrogens is 204 g/mol. The summed E-state index contributed by atoms with van der Waals surface area (Å²) in [4.78, 5) is 14.0. The van der Waals surface area contributed by atoms with Crippen molar-refractivity contribution < 1.29 is 9.53 Å². The van der Waals surface area contributed by atoms with E-state index in [1.807, 2.05) is 25.7 Å². The van der Waals surface area contributed by atoms with Gasteiger partial charge in [-0.15, -0.1) is 0 Å². The van der Waals surface area contributed by atoms with Gasteiger partial charge in [0.05, 0.1) is 6.04 Å². The van der Waals surface area contributed by atoms with Crippen LogP contribution in [0.2, 0.25) is 0 Å². The van der Waals surface area contributed by atoms with Gasteiger partial charge in [0.1, 0.15) is 5.60 Å². The van der Waals surface area contributed by atoms with E-state index >= 15 is 0 Å². The van der Waals surface area contributed by atoms with Crippen LogP contribution in [0, 0.1) is 0 Å². The maximum absolute atomic E-state index is 12.1. The fourth-order valence-electron chi connectivity index (χ4n) is 2.79. The number of nitrogens with zero attached hydrogens (tertiary/aromatic N) is 1. The second kappa shape index (κ2) is 3.91. The summed E-state index contributed by atoms with van der Waals surface area (Å²) in [6.45, 7) is 5.70. The van der Waals surface area contributed by atoms with E-state index in [4.69, 9.17) is 10.5 Å². The zero-order chi connectivity index (χ0) is 11.9. The smallest absolute Gasteiger partial charge is 0.410 e. The first-order valence-electron chi connectivity index (χ1n) is 6.15. The lowest BCUT2D eigenvalue weighted by Crippen LogP contribution is -2.54. The minimum atomic E-state index is -0.419. The lowest BCUT2D eigenvalue weighted by molar-refractivity contribution is 0.00505. The van der Waals surface area contributed by atoms with E-state index in [-0.39, 0.29) is 18.2 Å². The van der Waals surface area contributed by atoms with Crippen LogP contribution in [0.25, 0.3) is 0 Å². The number of hydrogen-bond donors (Lipinski definition) is 1. The van der Waals surface area contributed by atoms with Gasteiger partial charge in [-0.2, -0.15) is 0 Å². The molecule has 2 N–H and O–H groups in total. The topological polar surface area (TPSA) is 55.6 Å². The van der Waals surface area contributed by atoms with Crippen LogP contribution in [0.5, 0.6) is 0 Å². The number of piperidine rings is 1. The van der Waals surface area contributed by atoms with Crippen molar-refractivity contribution in [3.05, 3.63) is 0 Å². The second-order valence-electron chi connectivity index (χ2n) is 5.93. The summed E-state index contributed by atoms with van der Waals surface area (Å²) in [5, 5.41) is 0. The first kappa shape index (κ1) is 11.7. The molecule has 0 spiro atoms. The molecular formula is C12H22N2O2. The van der Waals surface area contributed by atoms with Gasteiger partial charge in [0.25, 0.3) is 0 Å². The zero-order valence-electron chi connectivity index (χ0n) is 10.4. The van der Waals surface area contributed by atoms with Crippen molar-refractivity contribution in [1.29, 1.82) is 0 Å². The van der Waals surface area contributed by atoms with Gasteiger partial charge in [-0.25, -0.2) is 4.79 Å². The third kappa shape index (κ3) is 2.17. The molecule has 92 valence electrons. The fourth-order valence-corrected chi connectivity index (χ4v) is 2.79. The number of fused-ring (bicyclic) bond motifs is 2. The Kier molecular flexibility index (Phi) is 2.86. The lowest BCUT2D eigenvalue weighted by Gasteiger charge is -2.39. The molecule has 2 aliphatic heterocycles. The molecule has 2 rings (SSSR count). The number of hydrogen-bond acceptors (Lipinski definition) is 3. The molecule has 0 saturated carbocycles. The highest BCUT2D eigenvalue weighted by atomic mass is 16.6. The molecule has 3 atom stereocenters. The van der Waals surface area contributed by atoms with Crippen LogP contribution in [0.4, 0.5) is 4.79 Å². The molecule has 4 heteroatoms. The monoisotopic (exact) mass is 226 g/mol. The van der Waals surface area contributed by atoms with Crippen LogP contribution in [0.15, 0.2) is 0 Å². The van der Waals surface area contributed by atoms with E-state index in [2.05, 4.69) is 0 Å². The highest BCUT2D eigenvalue weighted by molar-refractivity contribution is 5.69. The maximum Gasteiger partial charge on any atom is 0.410 e. The number of carbonyl (C=O) groups excluding carboxylic acids is 1.